The lowest BCUT2D eigenvalue weighted by Crippen LogP contribution is -2.96. The molecule has 1 aromatic rings. The van der Waals surface area contributed by atoms with Crippen LogP contribution in [0.3, 0.4) is 0 Å². The summed E-state index contributed by atoms with van der Waals surface area (Å²) < 4.78 is 10.1. The highest BCUT2D eigenvalue weighted by Gasteiger charge is 2.14. The largest absolute Gasteiger partial charge is 0.628 e. The molecule has 0 unspecified atom stereocenters. The van der Waals surface area contributed by atoms with Gasteiger partial charge in [-0.05, 0) is 6.07 Å². The Labute approximate surface area is 73.3 Å². The van der Waals surface area contributed by atoms with Crippen molar-refractivity contribution >= 4 is 6.20 Å². The van der Waals surface area contributed by atoms with E-state index in [-0.39, 0.29) is 6.79 Å². The molecule has 0 aromatic heterocycles. The highest BCUT2D eigenvalue weighted by molar-refractivity contribution is 5.29. The van der Waals surface area contributed by atoms with Gasteiger partial charge in [-0.3, -0.25) is 0 Å². The van der Waals surface area contributed by atoms with Crippen molar-refractivity contribution in [2.24, 2.45) is 0 Å². The third kappa shape index (κ3) is 1.67. The number of ether oxygens (including phenoxy) is 1. The van der Waals surface area contributed by atoms with E-state index in [9.17, 15) is 10.4 Å². The number of hydroxylamine groups is 2. The molecule has 1 heterocycles. The molecule has 68 valence electrons. The number of quaternary nitrogens is 1. The van der Waals surface area contributed by atoms with Crippen LogP contribution in [0.5, 0.6) is 5.75 Å². The van der Waals surface area contributed by atoms with Crippen molar-refractivity contribution in [1.29, 1.82) is 0 Å². The minimum absolute atomic E-state index is 0.185. The van der Waals surface area contributed by atoms with Gasteiger partial charge in [0.05, 0.1) is 0 Å². The fourth-order valence-corrected chi connectivity index (χ4v) is 1.14. The van der Waals surface area contributed by atoms with E-state index >= 15 is 0 Å². The molecule has 0 spiro atoms. The van der Waals surface area contributed by atoms with Crippen LogP contribution >= 0.6 is 0 Å². The molecule has 1 aliphatic rings. The molecule has 0 bridgehead atoms. The molecule has 13 heavy (non-hydrogen) atoms. The Morgan fingerprint density at radius 2 is 2.31 bits per heavy atom. The second-order valence-corrected chi connectivity index (χ2v) is 2.58. The predicted octanol–water partition coefficient (Wildman–Crippen LogP) is -1.73. The molecule has 0 atom stereocenters. The maximum absolute atomic E-state index is 10.2. The summed E-state index contributed by atoms with van der Waals surface area (Å²) in [7, 11) is 0. The second kappa shape index (κ2) is 3.14. The number of fused-ring (bicyclic) bond motifs is 1. The van der Waals surface area contributed by atoms with Crippen molar-refractivity contribution in [3.8, 4) is 5.75 Å². The van der Waals surface area contributed by atoms with Crippen LogP contribution in [0.4, 0.5) is 0 Å². The normalized spacial score (nSPS) is 15.5. The fraction of sp³-hybridized carbons (Fsp3) is 0.125. The third-order valence-corrected chi connectivity index (χ3v) is 1.68. The van der Waals surface area contributed by atoms with Gasteiger partial charge in [-0.2, -0.15) is 0 Å². The van der Waals surface area contributed by atoms with Crippen molar-refractivity contribution in [3.63, 3.8) is 0 Å². The third-order valence-electron chi connectivity index (χ3n) is 1.68. The number of nitrogens with one attached hydrogen (secondary N) is 1. The Balaban J connectivity index is 2.50. The van der Waals surface area contributed by atoms with Crippen molar-refractivity contribution in [1.82, 2.24) is 0 Å². The van der Waals surface area contributed by atoms with Gasteiger partial charge in [-0.15, -0.1) is 0 Å². The number of hydrogen-bond donors (Lipinski definition) is 1. The highest BCUT2D eigenvalue weighted by Crippen LogP contribution is 2.02. The van der Waals surface area contributed by atoms with Crippen molar-refractivity contribution < 1.29 is 9.96 Å². The summed E-state index contributed by atoms with van der Waals surface area (Å²) in [5, 5.41) is 19.8. The van der Waals surface area contributed by atoms with E-state index in [0.29, 0.717) is 16.4 Å². The van der Waals surface area contributed by atoms with E-state index < -0.39 is 5.23 Å². The molecule has 2 rings (SSSR count). The molecular weight excluding hydrogens is 174 g/mol. The molecule has 1 aliphatic heterocycles. The second-order valence-electron chi connectivity index (χ2n) is 2.58. The number of rotatable bonds is 1. The molecule has 0 fully saturated rings. The Kier molecular flexibility index (Phi) is 1.97. The van der Waals surface area contributed by atoms with E-state index in [2.05, 4.69) is 0 Å². The van der Waals surface area contributed by atoms with Crippen LogP contribution in [-0.2, 0) is 0 Å². The molecule has 5 nitrogen and oxygen atoms in total. The lowest BCUT2D eigenvalue weighted by Gasteiger charge is -2.18. The van der Waals surface area contributed by atoms with Gasteiger partial charge in [0, 0.05) is 17.4 Å². The minimum Gasteiger partial charge on any atom is -0.628 e. The van der Waals surface area contributed by atoms with Gasteiger partial charge < -0.3 is 20.4 Å². The standard InChI is InChI=1S/C8H7NO4/c10-9(11)4-6-1-2-7-8(3-6)13-5-12-7/h1-4,9H,5H2. The summed E-state index contributed by atoms with van der Waals surface area (Å²) in [5.41, 5.74) is 0.635. The minimum atomic E-state index is -1.22. The lowest BCUT2D eigenvalue weighted by atomic mass is 10.3. The first-order chi connectivity index (χ1) is 6.25. The van der Waals surface area contributed by atoms with Gasteiger partial charge in [-0.1, -0.05) is 0 Å². The van der Waals surface area contributed by atoms with E-state index in [1.807, 2.05) is 0 Å². The Hall–Kier alpha value is -1.43. The molecule has 1 N–H and O–H groups in total. The van der Waals surface area contributed by atoms with E-state index in [1.54, 1.807) is 18.2 Å². The Bertz CT molecular complexity index is 426. The maximum Gasteiger partial charge on any atom is 0.412 e. The summed E-state index contributed by atoms with van der Waals surface area (Å²) in [5.74, 6) is 0.565. The predicted molar refractivity (Wildman–Crippen MR) is 45.6 cm³/mol. The van der Waals surface area contributed by atoms with Crippen molar-refractivity contribution in [2.75, 3.05) is 6.79 Å². The van der Waals surface area contributed by atoms with Gasteiger partial charge >= 0.3 is 12.2 Å². The molecule has 5 heteroatoms. The summed E-state index contributed by atoms with van der Waals surface area (Å²) in [6, 6.07) is 4.89. The van der Waals surface area contributed by atoms with Crippen LogP contribution in [0.2, 0.25) is 0 Å². The van der Waals surface area contributed by atoms with E-state index in [4.69, 9.17) is 9.16 Å². The smallest absolute Gasteiger partial charge is 0.412 e. The molecule has 0 saturated carbocycles. The summed E-state index contributed by atoms with van der Waals surface area (Å²) in [6.07, 6.45) is 1.00. The molecule has 0 aliphatic carbocycles. The number of benzene rings is 1. The quantitative estimate of drug-likeness (QED) is 0.413. The van der Waals surface area contributed by atoms with Crippen molar-refractivity contribution in [3.05, 3.63) is 43.7 Å². The SMILES string of the molecule is [O-][NH+]([O-])C=c1ccc2c(c1)OC[O+]=2. The average Bonchev–Trinajstić information content (AvgIpc) is 2.49. The molecule has 0 saturated heterocycles. The van der Waals surface area contributed by atoms with Crippen LogP contribution in [0.1, 0.15) is 0 Å². The zero-order chi connectivity index (χ0) is 9.26. The van der Waals surface area contributed by atoms with Crippen LogP contribution in [0.15, 0.2) is 22.6 Å². The van der Waals surface area contributed by atoms with Crippen LogP contribution in [0.25, 0.3) is 6.20 Å². The monoisotopic (exact) mass is 181 g/mol. The van der Waals surface area contributed by atoms with Gasteiger partial charge in [0.2, 0.25) is 5.75 Å². The van der Waals surface area contributed by atoms with E-state index in [1.165, 1.54) is 0 Å². The molecule has 0 radical (unpaired) electrons. The topological polar surface area (TPSA) is 71.1 Å². The summed E-state index contributed by atoms with van der Waals surface area (Å²) in [6.45, 7) is 0.185. The summed E-state index contributed by atoms with van der Waals surface area (Å²) >= 11 is 0. The van der Waals surface area contributed by atoms with Crippen LogP contribution in [-0.4, -0.2) is 6.79 Å². The fourth-order valence-electron chi connectivity index (χ4n) is 1.14. The van der Waals surface area contributed by atoms with Crippen molar-refractivity contribution in [2.45, 2.75) is 0 Å². The molecule has 1 aromatic carbocycles. The zero-order valence-corrected chi connectivity index (χ0v) is 6.65. The highest BCUT2D eigenvalue weighted by atomic mass is 16.8. The first kappa shape index (κ1) is 8.18. The number of hydrogen-bond acceptors (Lipinski definition) is 3. The van der Waals surface area contributed by atoms with Crippen LogP contribution in [0, 0.1) is 10.4 Å². The first-order valence-corrected chi connectivity index (χ1v) is 3.71. The van der Waals surface area contributed by atoms with Gasteiger partial charge in [0.15, 0.2) is 0 Å². The van der Waals surface area contributed by atoms with Gasteiger partial charge in [-0.25, -0.2) is 4.42 Å². The molecule has 0 amide bonds. The summed E-state index contributed by atoms with van der Waals surface area (Å²) in [4.78, 5) is 0. The molecular formula is C8H7NO4. The Morgan fingerprint density at radius 1 is 1.46 bits per heavy atom. The maximum atomic E-state index is 10.2. The van der Waals surface area contributed by atoms with Gasteiger partial charge in [0.25, 0.3) is 0 Å². The van der Waals surface area contributed by atoms with Gasteiger partial charge in [0.1, 0.15) is 6.20 Å². The van der Waals surface area contributed by atoms with Crippen LogP contribution < -0.4 is 20.6 Å². The van der Waals surface area contributed by atoms with E-state index in [0.717, 1.165) is 6.20 Å². The zero-order valence-electron chi connectivity index (χ0n) is 6.65. The first-order valence-electron chi connectivity index (χ1n) is 3.71. The lowest BCUT2D eigenvalue weighted by molar-refractivity contribution is -0.698. The average molecular weight is 181 g/mol. The Morgan fingerprint density at radius 3 is 3.08 bits per heavy atom.